The Balaban J connectivity index is -0.0000000213. The molecule has 0 amide bonds. The van der Waals surface area contributed by atoms with Crippen molar-refractivity contribution in [3.63, 3.8) is 0 Å². The molecule has 0 fully saturated rings. The molecule has 0 aliphatic carbocycles. The maximum absolute atomic E-state index is 3.50. The van der Waals surface area contributed by atoms with Crippen LogP contribution >= 0.6 is 0 Å². The predicted octanol–water partition coefficient (Wildman–Crippen LogP) is 2.10. The van der Waals surface area contributed by atoms with Gasteiger partial charge in [0.15, 0.2) is 0 Å². The van der Waals surface area contributed by atoms with E-state index in [4.69, 9.17) is 0 Å². The molecular formula is C8H24GeN4-4. The number of hydrogen-bond acceptors (Lipinski definition) is 0. The van der Waals surface area contributed by atoms with E-state index in [1.165, 1.54) is 0 Å². The summed E-state index contributed by atoms with van der Waals surface area (Å²) in [6.07, 6.45) is 0. The third-order valence-corrected chi connectivity index (χ3v) is 0. The van der Waals surface area contributed by atoms with Gasteiger partial charge in [-0.05, 0) is 0 Å². The van der Waals surface area contributed by atoms with Crippen LogP contribution in [-0.2, 0) is 0 Å². The Labute approximate surface area is 95.6 Å². The zero-order chi connectivity index (χ0) is 10.8. The average molecular weight is 249 g/mol. The van der Waals surface area contributed by atoms with Gasteiger partial charge in [0, 0.05) is 17.6 Å². The van der Waals surface area contributed by atoms with Gasteiger partial charge in [0.25, 0.3) is 0 Å². The summed E-state index contributed by atoms with van der Waals surface area (Å²) in [5, 5.41) is 14.0. The van der Waals surface area contributed by atoms with Gasteiger partial charge in [-0.15, -0.1) is 0 Å². The molecule has 5 heteroatoms. The van der Waals surface area contributed by atoms with Crippen LogP contribution in [0.1, 0.15) is 0 Å². The van der Waals surface area contributed by atoms with Crippen LogP contribution in [0, 0.1) is 0 Å². The van der Waals surface area contributed by atoms with Gasteiger partial charge in [-0.3, -0.25) is 0 Å². The second-order valence-electron chi connectivity index (χ2n) is 1.79. The summed E-state index contributed by atoms with van der Waals surface area (Å²) in [5.41, 5.74) is 0. The normalized spacial score (nSPS) is 5.54. The van der Waals surface area contributed by atoms with Crippen molar-refractivity contribution in [3.05, 3.63) is 21.3 Å². The van der Waals surface area contributed by atoms with E-state index in [-0.39, 0.29) is 17.6 Å². The van der Waals surface area contributed by atoms with Crippen molar-refractivity contribution in [2.45, 2.75) is 0 Å². The van der Waals surface area contributed by atoms with Crippen LogP contribution in [0.25, 0.3) is 21.3 Å². The van der Waals surface area contributed by atoms with Gasteiger partial charge < -0.3 is 21.3 Å². The van der Waals surface area contributed by atoms with Gasteiger partial charge in [-0.25, -0.2) is 0 Å². The molecule has 0 N–H and O–H groups in total. The molecule has 0 aliphatic heterocycles. The molecule has 84 valence electrons. The first kappa shape index (κ1) is 29.2. The summed E-state index contributed by atoms with van der Waals surface area (Å²) in [6.45, 7) is 0. The zero-order valence-corrected chi connectivity index (χ0v) is 12.4. The first-order valence-electron chi connectivity index (χ1n) is 3.58. The monoisotopic (exact) mass is 250 g/mol. The van der Waals surface area contributed by atoms with Crippen molar-refractivity contribution >= 4 is 17.6 Å². The van der Waals surface area contributed by atoms with E-state index >= 15 is 0 Å². The molecule has 13 heavy (non-hydrogen) atoms. The first-order chi connectivity index (χ1) is 5.66. The van der Waals surface area contributed by atoms with E-state index in [1.54, 1.807) is 56.4 Å². The third kappa shape index (κ3) is 9110. The molecule has 0 aromatic heterocycles. The predicted molar refractivity (Wildman–Crippen MR) is 66.6 cm³/mol. The quantitative estimate of drug-likeness (QED) is 0.590. The van der Waals surface area contributed by atoms with Crippen molar-refractivity contribution in [1.29, 1.82) is 0 Å². The fraction of sp³-hybridized carbons (Fsp3) is 1.00. The summed E-state index contributed by atoms with van der Waals surface area (Å²) >= 11 is 0. The minimum absolute atomic E-state index is 0. The molecule has 0 spiro atoms. The van der Waals surface area contributed by atoms with Gasteiger partial charge in [0.1, 0.15) is 0 Å². The van der Waals surface area contributed by atoms with E-state index in [1.807, 2.05) is 0 Å². The van der Waals surface area contributed by atoms with Crippen LogP contribution in [0.15, 0.2) is 0 Å². The van der Waals surface area contributed by atoms with Crippen LogP contribution in [0.2, 0.25) is 0 Å². The Kier molecular flexibility index (Phi) is 188. The summed E-state index contributed by atoms with van der Waals surface area (Å²) in [5.74, 6) is 0. The molecule has 4 radical (unpaired) electrons. The van der Waals surface area contributed by atoms with Crippen molar-refractivity contribution in [2.24, 2.45) is 0 Å². The third-order valence-electron chi connectivity index (χ3n) is 0. The van der Waals surface area contributed by atoms with Gasteiger partial charge in [-0.2, -0.15) is 56.4 Å². The van der Waals surface area contributed by atoms with Crippen molar-refractivity contribution in [2.75, 3.05) is 56.4 Å². The molecule has 0 rings (SSSR count). The summed E-state index contributed by atoms with van der Waals surface area (Å²) in [6, 6.07) is 0. The van der Waals surface area contributed by atoms with Crippen LogP contribution in [0.5, 0.6) is 0 Å². The summed E-state index contributed by atoms with van der Waals surface area (Å²) in [7, 11) is 14.0. The fourth-order valence-electron chi connectivity index (χ4n) is 0. The summed E-state index contributed by atoms with van der Waals surface area (Å²) in [4.78, 5) is 0. The Morgan fingerprint density at radius 1 is 0.385 bits per heavy atom. The minimum atomic E-state index is 0. The standard InChI is InChI=1S/4C2H6N.Ge/c4*1-3-2;/h4*1-2H3;/q4*-1;. The first-order valence-corrected chi connectivity index (χ1v) is 3.58. The Morgan fingerprint density at radius 2 is 0.385 bits per heavy atom. The van der Waals surface area contributed by atoms with Gasteiger partial charge in [-0.1, -0.05) is 0 Å². The molecule has 0 saturated heterocycles. The van der Waals surface area contributed by atoms with Crippen molar-refractivity contribution in [1.82, 2.24) is 0 Å². The van der Waals surface area contributed by atoms with Gasteiger partial charge in [0.2, 0.25) is 0 Å². The van der Waals surface area contributed by atoms with Crippen molar-refractivity contribution in [3.8, 4) is 0 Å². The molecule has 0 atom stereocenters. The van der Waals surface area contributed by atoms with E-state index in [0.29, 0.717) is 0 Å². The van der Waals surface area contributed by atoms with Crippen LogP contribution in [0.3, 0.4) is 0 Å². The van der Waals surface area contributed by atoms with E-state index in [0.717, 1.165) is 0 Å². The molecule has 0 aromatic carbocycles. The SMILES string of the molecule is C[N-]C.C[N-]C.C[N-]C.C[N-]C.[Ge]. The van der Waals surface area contributed by atoms with E-state index < -0.39 is 0 Å². The van der Waals surface area contributed by atoms with Crippen LogP contribution in [-0.4, -0.2) is 74.0 Å². The number of nitrogens with zero attached hydrogens (tertiary/aromatic N) is 4. The smallest absolute Gasteiger partial charge is 0 e. The summed E-state index contributed by atoms with van der Waals surface area (Å²) < 4.78 is 0. The van der Waals surface area contributed by atoms with Crippen LogP contribution < -0.4 is 0 Å². The molecule has 0 bridgehead atoms. The minimum Gasteiger partial charge on any atom is -0.668 e. The Hall–Kier alpha value is 0.383. The average Bonchev–Trinajstić information content (AvgIpc) is 1.92. The molecule has 0 heterocycles. The molecule has 0 unspecified atom stereocenters. The molecule has 0 aromatic rings. The Morgan fingerprint density at radius 3 is 0.385 bits per heavy atom. The Bertz CT molecular complexity index is 24.1. The number of hydrogen-bond donors (Lipinski definition) is 0. The number of rotatable bonds is 0. The second kappa shape index (κ2) is 83.5. The zero-order valence-electron chi connectivity index (χ0n) is 10.3. The van der Waals surface area contributed by atoms with E-state index in [2.05, 4.69) is 21.3 Å². The molecule has 0 aliphatic rings. The maximum atomic E-state index is 3.50. The van der Waals surface area contributed by atoms with Crippen LogP contribution in [0.4, 0.5) is 0 Å². The molecular weight excluding hydrogens is 225 g/mol. The van der Waals surface area contributed by atoms with E-state index in [9.17, 15) is 0 Å². The molecule has 4 nitrogen and oxygen atoms in total. The fourth-order valence-corrected chi connectivity index (χ4v) is 0. The van der Waals surface area contributed by atoms with Gasteiger partial charge >= 0.3 is 0 Å². The molecule has 0 saturated carbocycles. The topological polar surface area (TPSA) is 56.4 Å². The maximum Gasteiger partial charge on any atom is 0 e. The van der Waals surface area contributed by atoms with Crippen molar-refractivity contribution < 1.29 is 0 Å². The second-order valence-corrected chi connectivity index (χ2v) is 1.79. The largest absolute Gasteiger partial charge is 0.668 e. The van der Waals surface area contributed by atoms with Gasteiger partial charge in [0.05, 0.1) is 0 Å².